The Morgan fingerprint density at radius 3 is 2.78 bits per heavy atom. The Morgan fingerprint density at radius 1 is 1.39 bits per heavy atom. The van der Waals surface area contributed by atoms with Crippen molar-refractivity contribution in [1.82, 2.24) is 4.90 Å². The second-order valence-corrected chi connectivity index (χ2v) is 5.98. The van der Waals surface area contributed by atoms with Crippen molar-refractivity contribution < 1.29 is 4.74 Å². The minimum Gasteiger partial charge on any atom is -0.496 e. The van der Waals surface area contributed by atoms with Gasteiger partial charge in [-0.25, -0.2) is 0 Å². The highest BCUT2D eigenvalue weighted by Crippen LogP contribution is 2.30. The first-order valence-corrected chi connectivity index (χ1v) is 7.53. The molecule has 1 saturated heterocycles. The molecule has 0 radical (unpaired) electrons. The van der Waals surface area contributed by atoms with E-state index in [9.17, 15) is 0 Å². The third-order valence-corrected chi connectivity index (χ3v) is 4.63. The highest BCUT2D eigenvalue weighted by molar-refractivity contribution is 9.10. The Bertz CT molecular complexity index is 407. The Balaban J connectivity index is 2.11. The standard InChI is InChI=1S/C15H22BrNO/c1-4-13-7-5-11(2)17(13)10-12-6-8-15(18-3)14(16)9-12/h6,8-9,11,13H,4-5,7,10H2,1-3H3. The van der Waals surface area contributed by atoms with Crippen LogP contribution in [0.4, 0.5) is 0 Å². The Labute approximate surface area is 118 Å². The van der Waals surface area contributed by atoms with Crippen molar-refractivity contribution in [1.29, 1.82) is 0 Å². The number of hydrogen-bond donors (Lipinski definition) is 0. The lowest BCUT2D eigenvalue weighted by atomic mass is 10.1. The van der Waals surface area contributed by atoms with Gasteiger partial charge in [-0.15, -0.1) is 0 Å². The average molecular weight is 312 g/mol. The molecule has 1 aromatic carbocycles. The Kier molecular flexibility index (Phi) is 4.68. The fraction of sp³-hybridized carbons (Fsp3) is 0.600. The molecule has 0 aromatic heterocycles. The van der Waals surface area contributed by atoms with E-state index in [-0.39, 0.29) is 0 Å². The van der Waals surface area contributed by atoms with E-state index in [2.05, 4.69) is 46.8 Å². The predicted molar refractivity (Wildman–Crippen MR) is 79.0 cm³/mol. The molecule has 3 heteroatoms. The molecule has 1 aliphatic heterocycles. The summed E-state index contributed by atoms with van der Waals surface area (Å²) in [5.74, 6) is 0.903. The van der Waals surface area contributed by atoms with Crippen LogP contribution in [-0.4, -0.2) is 24.1 Å². The van der Waals surface area contributed by atoms with Crippen LogP contribution >= 0.6 is 15.9 Å². The summed E-state index contributed by atoms with van der Waals surface area (Å²) in [7, 11) is 1.70. The van der Waals surface area contributed by atoms with Crippen molar-refractivity contribution in [2.75, 3.05) is 7.11 Å². The first kappa shape index (κ1) is 13.9. The first-order chi connectivity index (χ1) is 8.65. The molecule has 1 heterocycles. The van der Waals surface area contributed by atoms with Crippen LogP contribution < -0.4 is 4.74 Å². The van der Waals surface area contributed by atoms with Gasteiger partial charge in [-0.2, -0.15) is 0 Å². The van der Waals surface area contributed by atoms with Crippen LogP contribution in [0.25, 0.3) is 0 Å². The van der Waals surface area contributed by atoms with Crippen LogP contribution in [0.1, 0.15) is 38.7 Å². The van der Waals surface area contributed by atoms with Crippen molar-refractivity contribution in [3.63, 3.8) is 0 Å². The summed E-state index contributed by atoms with van der Waals surface area (Å²) in [6, 6.07) is 7.84. The van der Waals surface area contributed by atoms with Gasteiger partial charge in [0.05, 0.1) is 11.6 Å². The van der Waals surface area contributed by atoms with E-state index >= 15 is 0 Å². The molecule has 1 aliphatic rings. The molecule has 2 nitrogen and oxygen atoms in total. The number of methoxy groups -OCH3 is 1. The van der Waals surface area contributed by atoms with E-state index in [1.165, 1.54) is 24.8 Å². The van der Waals surface area contributed by atoms with Gasteiger partial charge in [0, 0.05) is 18.6 Å². The number of halogens is 1. The van der Waals surface area contributed by atoms with Crippen LogP contribution in [-0.2, 0) is 6.54 Å². The van der Waals surface area contributed by atoms with Gasteiger partial charge in [-0.3, -0.25) is 4.90 Å². The largest absolute Gasteiger partial charge is 0.496 e. The first-order valence-electron chi connectivity index (χ1n) is 6.73. The molecular formula is C15H22BrNO. The third kappa shape index (κ3) is 2.89. The maximum absolute atomic E-state index is 5.27. The third-order valence-electron chi connectivity index (χ3n) is 4.01. The van der Waals surface area contributed by atoms with Crippen molar-refractivity contribution in [2.45, 2.75) is 51.7 Å². The van der Waals surface area contributed by atoms with Crippen LogP contribution in [0.5, 0.6) is 5.75 Å². The van der Waals surface area contributed by atoms with Gasteiger partial charge >= 0.3 is 0 Å². The zero-order valence-corrected chi connectivity index (χ0v) is 13.0. The topological polar surface area (TPSA) is 12.5 Å². The van der Waals surface area contributed by atoms with Gasteiger partial charge in [-0.1, -0.05) is 13.0 Å². The van der Waals surface area contributed by atoms with Crippen molar-refractivity contribution in [3.8, 4) is 5.75 Å². The minimum absolute atomic E-state index is 0.704. The molecule has 0 saturated carbocycles. The summed E-state index contributed by atoms with van der Waals surface area (Å²) in [6.07, 6.45) is 3.92. The van der Waals surface area contributed by atoms with E-state index in [0.29, 0.717) is 6.04 Å². The zero-order chi connectivity index (χ0) is 13.1. The monoisotopic (exact) mass is 311 g/mol. The summed E-state index contributed by atoms with van der Waals surface area (Å²) in [4.78, 5) is 2.63. The molecule has 100 valence electrons. The predicted octanol–water partition coefficient (Wildman–Crippen LogP) is 4.22. The van der Waals surface area contributed by atoms with E-state index < -0.39 is 0 Å². The highest BCUT2D eigenvalue weighted by Gasteiger charge is 2.28. The quantitative estimate of drug-likeness (QED) is 0.825. The van der Waals surface area contributed by atoms with E-state index in [0.717, 1.165) is 22.8 Å². The number of benzene rings is 1. The fourth-order valence-electron chi connectivity index (χ4n) is 2.87. The van der Waals surface area contributed by atoms with Crippen molar-refractivity contribution >= 4 is 15.9 Å². The maximum atomic E-state index is 5.27. The molecule has 0 N–H and O–H groups in total. The van der Waals surface area contributed by atoms with E-state index in [4.69, 9.17) is 4.74 Å². The van der Waals surface area contributed by atoms with Gasteiger partial charge in [0.1, 0.15) is 5.75 Å². The summed E-state index contributed by atoms with van der Waals surface area (Å²) in [5.41, 5.74) is 1.36. The number of rotatable bonds is 4. The van der Waals surface area contributed by atoms with Gasteiger partial charge < -0.3 is 4.74 Å². The molecule has 2 rings (SSSR count). The summed E-state index contributed by atoms with van der Waals surface area (Å²) in [5, 5.41) is 0. The van der Waals surface area contributed by atoms with Gasteiger partial charge in [-0.05, 0) is 59.8 Å². The van der Waals surface area contributed by atoms with E-state index in [1.807, 2.05) is 6.07 Å². The van der Waals surface area contributed by atoms with Crippen LogP contribution in [0.3, 0.4) is 0 Å². The Morgan fingerprint density at radius 2 is 2.17 bits per heavy atom. The number of likely N-dealkylation sites (tertiary alicyclic amines) is 1. The fourth-order valence-corrected chi connectivity index (χ4v) is 3.46. The molecule has 0 amide bonds. The molecule has 0 spiro atoms. The number of hydrogen-bond acceptors (Lipinski definition) is 2. The van der Waals surface area contributed by atoms with Crippen molar-refractivity contribution in [2.24, 2.45) is 0 Å². The molecular weight excluding hydrogens is 290 g/mol. The van der Waals surface area contributed by atoms with Gasteiger partial charge in [0.25, 0.3) is 0 Å². The van der Waals surface area contributed by atoms with Gasteiger partial charge in [0.2, 0.25) is 0 Å². The summed E-state index contributed by atoms with van der Waals surface area (Å²) in [6.45, 7) is 5.68. The molecule has 0 aliphatic carbocycles. The van der Waals surface area contributed by atoms with E-state index in [1.54, 1.807) is 7.11 Å². The SMILES string of the molecule is CCC1CCC(C)N1Cc1ccc(OC)c(Br)c1. The highest BCUT2D eigenvalue weighted by atomic mass is 79.9. The molecule has 1 aromatic rings. The van der Waals surface area contributed by atoms with Gasteiger partial charge in [0.15, 0.2) is 0 Å². The lowest BCUT2D eigenvalue weighted by Gasteiger charge is -2.27. The van der Waals surface area contributed by atoms with Crippen molar-refractivity contribution in [3.05, 3.63) is 28.2 Å². The smallest absolute Gasteiger partial charge is 0.133 e. The Hall–Kier alpha value is -0.540. The van der Waals surface area contributed by atoms with Crippen LogP contribution in [0.2, 0.25) is 0 Å². The normalized spacial score (nSPS) is 24.4. The van der Waals surface area contributed by atoms with Crippen LogP contribution in [0, 0.1) is 0 Å². The second kappa shape index (κ2) is 6.07. The lowest BCUT2D eigenvalue weighted by molar-refractivity contribution is 0.189. The second-order valence-electron chi connectivity index (χ2n) is 5.13. The molecule has 2 unspecified atom stereocenters. The lowest BCUT2D eigenvalue weighted by Crippen LogP contribution is -2.33. The molecule has 1 fully saturated rings. The summed E-state index contributed by atoms with van der Waals surface area (Å²) >= 11 is 3.56. The molecule has 0 bridgehead atoms. The zero-order valence-electron chi connectivity index (χ0n) is 11.4. The molecule has 2 atom stereocenters. The average Bonchev–Trinajstić information content (AvgIpc) is 2.71. The molecule has 18 heavy (non-hydrogen) atoms. The van der Waals surface area contributed by atoms with Crippen LogP contribution in [0.15, 0.2) is 22.7 Å². The minimum atomic E-state index is 0.704. The summed E-state index contributed by atoms with van der Waals surface area (Å²) < 4.78 is 6.32. The number of ether oxygens (including phenoxy) is 1. The maximum Gasteiger partial charge on any atom is 0.133 e. The number of nitrogens with zero attached hydrogens (tertiary/aromatic N) is 1.